The van der Waals surface area contributed by atoms with Gasteiger partial charge in [-0.25, -0.2) is 0 Å². The van der Waals surface area contributed by atoms with Crippen LogP contribution in [0, 0.1) is 5.92 Å². The molecule has 0 saturated heterocycles. The fraction of sp³-hybridized carbons (Fsp3) is 0.533. The smallest absolute Gasteiger partial charge is 0.253 e. The van der Waals surface area contributed by atoms with Crippen LogP contribution < -0.4 is 15.8 Å². The SMILES string of the molecule is CCCC(CCO)CNC(=O)c1ccc(OC)cc1N. The van der Waals surface area contributed by atoms with Crippen LogP contribution in [-0.2, 0) is 0 Å². The van der Waals surface area contributed by atoms with Gasteiger partial charge in [-0.05, 0) is 30.9 Å². The van der Waals surface area contributed by atoms with Gasteiger partial charge in [0.15, 0.2) is 0 Å². The molecule has 4 N–H and O–H groups in total. The molecule has 0 aliphatic carbocycles. The lowest BCUT2D eigenvalue weighted by atomic mass is 10.00. The number of carbonyl (C=O) groups excluding carboxylic acids is 1. The molecule has 20 heavy (non-hydrogen) atoms. The summed E-state index contributed by atoms with van der Waals surface area (Å²) in [6.07, 6.45) is 2.72. The first-order valence-electron chi connectivity index (χ1n) is 6.94. The second-order valence-corrected chi connectivity index (χ2v) is 4.83. The Morgan fingerprint density at radius 2 is 2.20 bits per heavy atom. The maximum Gasteiger partial charge on any atom is 0.253 e. The van der Waals surface area contributed by atoms with Gasteiger partial charge >= 0.3 is 0 Å². The van der Waals surface area contributed by atoms with E-state index in [-0.39, 0.29) is 12.5 Å². The molecule has 0 aliphatic heterocycles. The highest BCUT2D eigenvalue weighted by atomic mass is 16.5. The number of nitrogen functional groups attached to an aromatic ring is 1. The van der Waals surface area contributed by atoms with Crippen molar-refractivity contribution in [2.24, 2.45) is 5.92 Å². The Morgan fingerprint density at radius 3 is 2.75 bits per heavy atom. The monoisotopic (exact) mass is 280 g/mol. The lowest BCUT2D eigenvalue weighted by Gasteiger charge is -2.16. The van der Waals surface area contributed by atoms with Crippen LogP contribution in [0.2, 0.25) is 0 Å². The summed E-state index contributed by atoms with van der Waals surface area (Å²) >= 11 is 0. The van der Waals surface area contributed by atoms with Crippen molar-refractivity contribution >= 4 is 11.6 Å². The number of carbonyl (C=O) groups is 1. The summed E-state index contributed by atoms with van der Waals surface area (Å²) in [5, 5.41) is 11.9. The Hall–Kier alpha value is -1.75. The highest BCUT2D eigenvalue weighted by Gasteiger charge is 2.13. The molecule has 1 rings (SSSR count). The zero-order chi connectivity index (χ0) is 15.0. The van der Waals surface area contributed by atoms with Gasteiger partial charge in [0.05, 0.1) is 12.7 Å². The quantitative estimate of drug-likeness (QED) is 0.634. The van der Waals surface area contributed by atoms with Crippen molar-refractivity contribution in [1.82, 2.24) is 5.32 Å². The van der Waals surface area contributed by atoms with Gasteiger partial charge in [0.1, 0.15) is 5.75 Å². The summed E-state index contributed by atoms with van der Waals surface area (Å²) in [6, 6.07) is 5.00. The molecule has 0 aromatic heterocycles. The standard InChI is InChI=1S/C15H24N2O3/c1-3-4-11(7-8-18)10-17-15(19)13-6-5-12(20-2)9-14(13)16/h5-6,9,11,18H,3-4,7-8,10,16H2,1-2H3,(H,17,19). The molecular weight excluding hydrogens is 256 g/mol. The molecule has 0 bridgehead atoms. The number of amides is 1. The second-order valence-electron chi connectivity index (χ2n) is 4.83. The van der Waals surface area contributed by atoms with E-state index in [1.54, 1.807) is 25.3 Å². The van der Waals surface area contributed by atoms with Crippen molar-refractivity contribution in [3.63, 3.8) is 0 Å². The molecule has 1 amide bonds. The van der Waals surface area contributed by atoms with Crippen LogP contribution >= 0.6 is 0 Å². The highest BCUT2D eigenvalue weighted by molar-refractivity contribution is 5.99. The molecule has 1 unspecified atom stereocenters. The van der Waals surface area contributed by atoms with Gasteiger partial charge in [-0.1, -0.05) is 13.3 Å². The first-order chi connectivity index (χ1) is 9.62. The predicted octanol–water partition coefficient (Wildman–Crippen LogP) is 1.81. The van der Waals surface area contributed by atoms with Crippen molar-refractivity contribution in [3.05, 3.63) is 23.8 Å². The molecule has 5 nitrogen and oxygen atoms in total. The molecule has 112 valence electrons. The van der Waals surface area contributed by atoms with Crippen LogP contribution in [0.3, 0.4) is 0 Å². The zero-order valence-electron chi connectivity index (χ0n) is 12.2. The second kappa shape index (κ2) is 8.43. The normalized spacial score (nSPS) is 11.9. The Kier molecular flexibility index (Phi) is 6.87. The van der Waals surface area contributed by atoms with Crippen molar-refractivity contribution < 1.29 is 14.6 Å². The molecule has 0 aliphatic rings. The minimum Gasteiger partial charge on any atom is -0.497 e. The van der Waals surface area contributed by atoms with E-state index < -0.39 is 0 Å². The molecule has 5 heteroatoms. The lowest BCUT2D eigenvalue weighted by molar-refractivity contribution is 0.0944. The number of anilines is 1. The number of nitrogens with two attached hydrogens (primary N) is 1. The Morgan fingerprint density at radius 1 is 1.45 bits per heavy atom. The van der Waals surface area contributed by atoms with Gasteiger partial charge in [0, 0.05) is 24.9 Å². The topological polar surface area (TPSA) is 84.6 Å². The molecule has 0 saturated carbocycles. The fourth-order valence-corrected chi connectivity index (χ4v) is 2.15. The highest BCUT2D eigenvalue weighted by Crippen LogP contribution is 2.19. The van der Waals surface area contributed by atoms with Crippen LogP contribution in [0.1, 0.15) is 36.5 Å². The van der Waals surface area contributed by atoms with E-state index >= 15 is 0 Å². The third-order valence-electron chi connectivity index (χ3n) is 3.29. The Labute approximate surface area is 120 Å². The molecule has 0 radical (unpaired) electrons. The minimum atomic E-state index is -0.191. The maximum absolute atomic E-state index is 12.1. The molecular formula is C15H24N2O3. The van der Waals surface area contributed by atoms with E-state index in [4.69, 9.17) is 15.6 Å². The molecule has 0 spiro atoms. The number of aliphatic hydroxyl groups is 1. The van der Waals surface area contributed by atoms with Crippen LogP contribution in [0.25, 0.3) is 0 Å². The fourth-order valence-electron chi connectivity index (χ4n) is 2.15. The zero-order valence-corrected chi connectivity index (χ0v) is 12.2. The van der Waals surface area contributed by atoms with Gasteiger partial charge in [-0.2, -0.15) is 0 Å². The number of methoxy groups -OCH3 is 1. The number of hydrogen-bond donors (Lipinski definition) is 3. The molecule has 1 atom stereocenters. The van der Waals surface area contributed by atoms with Gasteiger partial charge in [0.2, 0.25) is 0 Å². The third kappa shape index (κ3) is 4.74. The van der Waals surface area contributed by atoms with Crippen molar-refractivity contribution in [1.29, 1.82) is 0 Å². The van der Waals surface area contributed by atoms with Gasteiger partial charge in [-0.3, -0.25) is 4.79 Å². The summed E-state index contributed by atoms with van der Waals surface area (Å²) in [5.41, 5.74) is 6.69. The van der Waals surface area contributed by atoms with Crippen LogP contribution in [0.5, 0.6) is 5.75 Å². The van der Waals surface area contributed by atoms with E-state index in [0.29, 0.717) is 35.9 Å². The first kappa shape index (κ1) is 16.3. The van der Waals surface area contributed by atoms with Gasteiger partial charge < -0.3 is 20.9 Å². The van der Waals surface area contributed by atoms with E-state index in [9.17, 15) is 4.79 Å². The maximum atomic E-state index is 12.1. The first-order valence-corrected chi connectivity index (χ1v) is 6.94. The summed E-state index contributed by atoms with van der Waals surface area (Å²) in [4.78, 5) is 12.1. The van der Waals surface area contributed by atoms with E-state index in [1.165, 1.54) is 0 Å². The summed E-state index contributed by atoms with van der Waals surface area (Å²) in [5.74, 6) is 0.737. The van der Waals surface area contributed by atoms with E-state index in [1.807, 2.05) is 0 Å². The van der Waals surface area contributed by atoms with E-state index in [2.05, 4.69) is 12.2 Å². The molecule has 1 aromatic carbocycles. The van der Waals surface area contributed by atoms with Gasteiger partial charge in [-0.15, -0.1) is 0 Å². The average Bonchev–Trinajstić information content (AvgIpc) is 2.44. The van der Waals surface area contributed by atoms with E-state index in [0.717, 1.165) is 12.8 Å². The van der Waals surface area contributed by atoms with Gasteiger partial charge in [0.25, 0.3) is 5.91 Å². The number of rotatable bonds is 8. The third-order valence-corrected chi connectivity index (χ3v) is 3.29. The molecule has 1 aromatic rings. The van der Waals surface area contributed by atoms with Crippen molar-refractivity contribution in [3.8, 4) is 5.75 Å². The number of nitrogens with one attached hydrogen (secondary N) is 1. The van der Waals surface area contributed by atoms with Crippen LogP contribution in [0.4, 0.5) is 5.69 Å². The Balaban J connectivity index is 2.61. The van der Waals surface area contributed by atoms with Crippen molar-refractivity contribution in [2.75, 3.05) is 26.0 Å². The number of benzene rings is 1. The summed E-state index contributed by atoms with van der Waals surface area (Å²) in [6.45, 7) is 2.79. The summed E-state index contributed by atoms with van der Waals surface area (Å²) < 4.78 is 5.05. The molecule has 0 fully saturated rings. The predicted molar refractivity (Wildman–Crippen MR) is 79.8 cm³/mol. The number of hydrogen-bond acceptors (Lipinski definition) is 4. The number of ether oxygens (including phenoxy) is 1. The summed E-state index contributed by atoms with van der Waals surface area (Å²) in [7, 11) is 1.55. The lowest BCUT2D eigenvalue weighted by Crippen LogP contribution is -2.30. The minimum absolute atomic E-state index is 0.144. The number of aliphatic hydroxyl groups excluding tert-OH is 1. The van der Waals surface area contributed by atoms with Crippen LogP contribution in [0.15, 0.2) is 18.2 Å². The van der Waals surface area contributed by atoms with Crippen molar-refractivity contribution in [2.45, 2.75) is 26.2 Å². The van der Waals surface area contributed by atoms with Crippen LogP contribution in [-0.4, -0.2) is 31.3 Å². The Bertz CT molecular complexity index is 429. The largest absolute Gasteiger partial charge is 0.497 e. The average molecular weight is 280 g/mol. The molecule has 0 heterocycles.